The Morgan fingerprint density at radius 3 is 2.92 bits per heavy atom. The number of likely N-dealkylation sites (tertiary alicyclic amines) is 1. The minimum absolute atomic E-state index is 0.792. The zero-order valence-electron chi connectivity index (χ0n) is 7.83. The highest BCUT2D eigenvalue weighted by atomic mass is 16.5. The van der Waals surface area contributed by atoms with Crippen molar-refractivity contribution in [1.29, 1.82) is 0 Å². The van der Waals surface area contributed by atoms with E-state index in [9.17, 15) is 0 Å². The summed E-state index contributed by atoms with van der Waals surface area (Å²) in [7, 11) is 0. The Morgan fingerprint density at radius 2 is 2.23 bits per heavy atom. The number of H-pyrrole nitrogens is 1. The molecule has 1 fully saturated rings. The van der Waals surface area contributed by atoms with E-state index in [2.05, 4.69) is 9.88 Å². The molecule has 0 bridgehead atoms. The molecule has 72 valence electrons. The van der Waals surface area contributed by atoms with E-state index in [0.29, 0.717) is 0 Å². The van der Waals surface area contributed by atoms with Gasteiger partial charge in [0.15, 0.2) is 5.88 Å². The van der Waals surface area contributed by atoms with Gasteiger partial charge in [-0.2, -0.15) is 0 Å². The average Bonchev–Trinajstić information content (AvgIpc) is 2.75. The normalized spacial score (nSPS) is 17.8. The smallest absolute Gasteiger partial charge is 0.190 e. The number of hydrogen-bond acceptors (Lipinski definition) is 2. The van der Waals surface area contributed by atoms with E-state index in [1.807, 2.05) is 18.3 Å². The average molecular weight is 180 g/mol. The predicted octanol–water partition coefficient (Wildman–Crippen LogP) is 1.49. The van der Waals surface area contributed by atoms with Crippen LogP contribution in [0, 0.1) is 0 Å². The molecule has 1 aromatic rings. The minimum Gasteiger partial charge on any atom is -0.478 e. The Hall–Kier alpha value is -0.960. The lowest BCUT2D eigenvalue weighted by atomic mass is 10.4. The van der Waals surface area contributed by atoms with E-state index in [4.69, 9.17) is 4.74 Å². The third kappa shape index (κ3) is 2.49. The summed E-state index contributed by atoms with van der Waals surface area (Å²) in [5.74, 6) is 0.874. The Labute approximate surface area is 78.7 Å². The van der Waals surface area contributed by atoms with Crippen molar-refractivity contribution in [2.24, 2.45) is 0 Å². The third-order valence-corrected chi connectivity index (χ3v) is 2.43. The van der Waals surface area contributed by atoms with Crippen LogP contribution >= 0.6 is 0 Å². The van der Waals surface area contributed by atoms with Crippen LogP contribution in [-0.4, -0.2) is 36.1 Å². The number of nitrogens with zero attached hydrogens (tertiary/aromatic N) is 1. The molecule has 0 radical (unpaired) electrons. The highest BCUT2D eigenvalue weighted by Gasteiger charge is 2.10. The van der Waals surface area contributed by atoms with Gasteiger partial charge >= 0.3 is 0 Å². The van der Waals surface area contributed by atoms with E-state index in [1.54, 1.807) is 0 Å². The predicted molar refractivity (Wildman–Crippen MR) is 52.0 cm³/mol. The lowest BCUT2D eigenvalue weighted by Gasteiger charge is -2.13. The van der Waals surface area contributed by atoms with Gasteiger partial charge in [0.2, 0.25) is 0 Å². The van der Waals surface area contributed by atoms with Crippen LogP contribution < -0.4 is 4.74 Å². The summed E-state index contributed by atoms with van der Waals surface area (Å²) < 4.78 is 5.51. The van der Waals surface area contributed by atoms with Gasteiger partial charge in [-0.15, -0.1) is 0 Å². The highest BCUT2D eigenvalue weighted by molar-refractivity contribution is 5.09. The maximum absolute atomic E-state index is 5.51. The standard InChI is InChI=1S/C10H16N2O/c1-2-7-12(6-1)8-9-13-10-4-3-5-11-10/h3-5,11H,1-2,6-9H2. The molecule has 13 heavy (non-hydrogen) atoms. The van der Waals surface area contributed by atoms with Gasteiger partial charge in [0, 0.05) is 12.7 Å². The van der Waals surface area contributed by atoms with Gasteiger partial charge in [-0.05, 0) is 38.1 Å². The summed E-state index contributed by atoms with van der Waals surface area (Å²) in [6.07, 6.45) is 4.58. The monoisotopic (exact) mass is 180 g/mol. The number of ether oxygens (including phenoxy) is 1. The van der Waals surface area contributed by atoms with E-state index in [0.717, 1.165) is 19.0 Å². The summed E-state index contributed by atoms with van der Waals surface area (Å²) >= 11 is 0. The van der Waals surface area contributed by atoms with Crippen molar-refractivity contribution in [2.75, 3.05) is 26.2 Å². The molecule has 0 aliphatic carbocycles. The number of hydrogen-bond donors (Lipinski definition) is 1. The van der Waals surface area contributed by atoms with Crippen molar-refractivity contribution in [3.05, 3.63) is 18.3 Å². The number of aromatic amines is 1. The molecular weight excluding hydrogens is 164 g/mol. The lowest BCUT2D eigenvalue weighted by Crippen LogP contribution is -2.25. The molecular formula is C10H16N2O. The molecule has 0 saturated carbocycles. The first-order valence-electron chi connectivity index (χ1n) is 4.94. The molecule has 0 atom stereocenters. The first-order valence-corrected chi connectivity index (χ1v) is 4.94. The van der Waals surface area contributed by atoms with Crippen molar-refractivity contribution in [3.8, 4) is 5.88 Å². The van der Waals surface area contributed by atoms with Crippen LogP contribution in [0.5, 0.6) is 5.88 Å². The highest BCUT2D eigenvalue weighted by Crippen LogP contribution is 2.08. The van der Waals surface area contributed by atoms with Crippen molar-refractivity contribution in [3.63, 3.8) is 0 Å². The molecule has 2 heterocycles. The molecule has 0 aromatic carbocycles. The van der Waals surface area contributed by atoms with Crippen LogP contribution in [0.4, 0.5) is 0 Å². The Balaban J connectivity index is 1.63. The second kappa shape index (κ2) is 4.33. The van der Waals surface area contributed by atoms with E-state index in [-0.39, 0.29) is 0 Å². The fourth-order valence-electron chi connectivity index (χ4n) is 1.69. The Morgan fingerprint density at radius 1 is 1.38 bits per heavy atom. The molecule has 0 amide bonds. The summed E-state index contributed by atoms with van der Waals surface area (Å²) in [6.45, 7) is 4.34. The van der Waals surface area contributed by atoms with Gasteiger partial charge in [-0.1, -0.05) is 0 Å². The van der Waals surface area contributed by atoms with Crippen LogP contribution in [0.25, 0.3) is 0 Å². The summed E-state index contributed by atoms with van der Waals surface area (Å²) in [5.41, 5.74) is 0. The molecule has 1 aliphatic heterocycles. The fourth-order valence-corrected chi connectivity index (χ4v) is 1.69. The topological polar surface area (TPSA) is 28.3 Å². The zero-order chi connectivity index (χ0) is 8.93. The molecule has 3 heteroatoms. The van der Waals surface area contributed by atoms with Crippen LogP contribution in [0.1, 0.15) is 12.8 Å². The van der Waals surface area contributed by atoms with E-state index in [1.165, 1.54) is 25.9 Å². The van der Waals surface area contributed by atoms with Gasteiger partial charge in [-0.25, -0.2) is 0 Å². The van der Waals surface area contributed by atoms with Crippen LogP contribution in [-0.2, 0) is 0 Å². The van der Waals surface area contributed by atoms with Gasteiger partial charge < -0.3 is 9.72 Å². The number of aromatic nitrogens is 1. The van der Waals surface area contributed by atoms with Gasteiger partial charge in [-0.3, -0.25) is 4.90 Å². The molecule has 0 unspecified atom stereocenters. The zero-order valence-corrected chi connectivity index (χ0v) is 7.83. The maximum atomic E-state index is 5.51. The largest absolute Gasteiger partial charge is 0.478 e. The molecule has 3 nitrogen and oxygen atoms in total. The molecule has 1 N–H and O–H groups in total. The molecule has 1 aromatic heterocycles. The molecule has 0 spiro atoms. The van der Waals surface area contributed by atoms with E-state index >= 15 is 0 Å². The quantitative estimate of drug-likeness (QED) is 0.760. The fraction of sp³-hybridized carbons (Fsp3) is 0.600. The van der Waals surface area contributed by atoms with Crippen LogP contribution in [0.3, 0.4) is 0 Å². The van der Waals surface area contributed by atoms with Gasteiger partial charge in [0.25, 0.3) is 0 Å². The minimum atomic E-state index is 0.792. The summed E-state index contributed by atoms with van der Waals surface area (Å²) in [4.78, 5) is 5.47. The van der Waals surface area contributed by atoms with Crippen LogP contribution in [0.15, 0.2) is 18.3 Å². The Kier molecular flexibility index (Phi) is 2.87. The third-order valence-electron chi connectivity index (χ3n) is 2.43. The molecule has 1 saturated heterocycles. The van der Waals surface area contributed by atoms with Gasteiger partial charge in [0.05, 0.1) is 0 Å². The van der Waals surface area contributed by atoms with Gasteiger partial charge in [0.1, 0.15) is 6.61 Å². The van der Waals surface area contributed by atoms with Crippen molar-refractivity contribution in [1.82, 2.24) is 9.88 Å². The van der Waals surface area contributed by atoms with Crippen molar-refractivity contribution >= 4 is 0 Å². The van der Waals surface area contributed by atoms with E-state index < -0.39 is 0 Å². The maximum Gasteiger partial charge on any atom is 0.190 e. The first-order chi connectivity index (χ1) is 6.45. The van der Waals surface area contributed by atoms with Crippen molar-refractivity contribution < 1.29 is 4.74 Å². The second-order valence-electron chi connectivity index (χ2n) is 3.43. The SMILES string of the molecule is c1c[nH]c(OCCN2CCCC2)c1. The summed E-state index contributed by atoms with van der Waals surface area (Å²) in [6, 6.07) is 3.90. The second-order valence-corrected chi connectivity index (χ2v) is 3.43. The molecule has 2 rings (SSSR count). The number of rotatable bonds is 4. The summed E-state index contributed by atoms with van der Waals surface area (Å²) in [5, 5.41) is 0. The lowest BCUT2D eigenvalue weighted by molar-refractivity contribution is 0.233. The van der Waals surface area contributed by atoms with Crippen molar-refractivity contribution in [2.45, 2.75) is 12.8 Å². The number of nitrogens with one attached hydrogen (secondary N) is 1. The first kappa shape index (κ1) is 8.63. The van der Waals surface area contributed by atoms with Crippen LogP contribution in [0.2, 0.25) is 0 Å². The molecule has 1 aliphatic rings. The Bertz CT molecular complexity index is 227.